The zero-order chi connectivity index (χ0) is 13.4. The Balaban J connectivity index is 0.000000324. The molecule has 1 heterocycles. The van der Waals surface area contributed by atoms with Gasteiger partial charge >= 0.3 is 35.6 Å². The fraction of sp³-hybridized carbons (Fsp3) is 0.273. The molecule has 2 amide bonds. The average molecular weight is 274 g/mol. The van der Waals surface area contributed by atoms with E-state index in [0.717, 1.165) is 19.5 Å². The van der Waals surface area contributed by atoms with Crippen molar-refractivity contribution in [3.8, 4) is 0 Å². The third kappa shape index (κ3) is 7.81. The summed E-state index contributed by atoms with van der Waals surface area (Å²) in [6.07, 6.45) is 1.04. The average Bonchev–Trinajstić information content (AvgIpc) is 2.83. The van der Waals surface area contributed by atoms with E-state index in [2.05, 4.69) is 10.9 Å². The first kappa shape index (κ1) is 17.9. The number of carboxylic acids is 1. The summed E-state index contributed by atoms with van der Waals surface area (Å²) in [5.41, 5.74) is 10.4. The molecular formula is C11H15N4NaO3. The van der Waals surface area contributed by atoms with Crippen molar-refractivity contribution in [1.82, 2.24) is 16.0 Å². The van der Waals surface area contributed by atoms with Gasteiger partial charge in [-0.1, -0.05) is 30.3 Å². The van der Waals surface area contributed by atoms with Crippen LogP contribution < -0.4 is 51.2 Å². The number of carbonyl (C=O) groups is 2. The number of nitrogens with two attached hydrogens (primary N) is 1. The van der Waals surface area contributed by atoms with Crippen LogP contribution in [0, 0.1) is 0 Å². The second kappa shape index (κ2) is 9.76. The minimum Gasteiger partial charge on any atom is -0.545 e. The van der Waals surface area contributed by atoms with Gasteiger partial charge in [-0.05, 0) is 12.0 Å². The van der Waals surface area contributed by atoms with Crippen LogP contribution in [0.25, 0.3) is 0 Å². The number of benzene rings is 1. The third-order valence-electron chi connectivity index (χ3n) is 2.12. The number of hydrogen-bond acceptors (Lipinski definition) is 5. The van der Waals surface area contributed by atoms with Crippen molar-refractivity contribution >= 4 is 12.0 Å². The first-order valence-corrected chi connectivity index (χ1v) is 5.43. The Morgan fingerprint density at radius 1 is 1.32 bits per heavy atom. The number of amides is 2. The predicted octanol–water partition coefficient (Wildman–Crippen LogP) is -4.17. The first-order chi connectivity index (χ1) is 8.59. The Morgan fingerprint density at radius 3 is 2.32 bits per heavy atom. The largest absolute Gasteiger partial charge is 1.00 e. The molecule has 1 aromatic carbocycles. The van der Waals surface area contributed by atoms with Crippen LogP contribution >= 0.6 is 0 Å². The second-order valence-electron chi connectivity index (χ2n) is 3.54. The third-order valence-corrected chi connectivity index (χ3v) is 2.12. The zero-order valence-corrected chi connectivity index (χ0v) is 12.8. The molecule has 8 heteroatoms. The van der Waals surface area contributed by atoms with Crippen molar-refractivity contribution in [2.75, 3.05) is 13.1 Å². The molecule has 1 fully saturated rings. The minimum atomic E-state index is -1.13. The molecule has 1 saturated heterocycles. The van der Waals surface area contributed by atoms with Crippen molar-refractivity contribution in [2.45, 2.75) is 6.42 Å². The van der Waals surface area contributed by atoms with Crippen LogP contribution in [-0.4, -0.2) is 30.2 Å². The summed E-state index contributed by atoms with van der Waals surface area (Å²) >= 11 is 0. The summed E-state index contributed by atoms with van der Waals surface area (Å²) in [5.74, 6) is -1.13. The quantitative estimate of drug-likeness (QED) is 0.474. The van der Waals surface area contributed by atoms with Crippen LogP contribution in [0.1, 0.15) is 16.8 Å². The molecular weight excluding hydrogens is 259 g/mol. The summed E-state index contributed by atoms with van der Waals surface area (Å²) in [5, 5.41) is 11.7. The van der Waals surface area contributed by atoms with Gasteiger partial charge in [-0.2, -0.15) is 5.12 Å². The summed E-state index contributed by atoms with van der Waals surface area (Å²) in [6, 6.07) is 7.54. The summed E-state index contributed by atoms with van der Waals surface area (Å²) in [4.78, 5) is 20.3. The number of hydrogen-bond donors (Lipinski definition) is 3. The van der Waals surface area contributed by atoms with E-state index in [1.54, 1.807) is 23.3 Å². The molecule has 0 radical (unpaired) electrons. The molecule has 0 bridgehead atoms. The van der Waals surface area contributed by atoms with Gasteiger partial charge in [0.15, 0.2) is 0 Å². The van der Waals surface area contributed by atoms with Gasteiger partial charge in [-0.25, -0.2) is 10.2 Å². The van der Waals surface area contributed by atoms with Crippen molar-refractivity contribution in [3.05, 3.63) is 35.9 Å². The van der Waals surface area contributed by atoms with Crippen molar-refractivity contribution in [1.29, 1.82) is 0 Å². The minimum absolute atomic E-state index is 0. The molecule has 1 aliphatic heterocycles. The smallest absolute Gasteiger partial charge is 0.545 e. The predicted molar refractivity (Wildman–Crippen MR) is 62.8 cm³/mol. The van der Waals surface area contributed by atoms with Crippen molar-refractivity contribution in [3.63, 3.8) is 0 Å². The van der Waals surface area contributed by atoms with Crippen LogP contribution in [0.4, 0.5) is 4.79 Å². The Bertz CT molecular complexity index is 396. The molecule has 2 rings (SSSR count). The molecule has 1 aliphatic rings. The SMILES string of the molecule is NC(=O)NN1CCCN1.O=C([O-])c1ccccc1.[Na+]. The van der Waals surface area contributed by atoms with E-state index >= 15 is 0 Å². The zero-order valence-electron chi connectivity index (χ0n) is 10.8. The van der Waals surface area contributed by atoms with Gasteiger partial charge < -0.3 is 15.6 Å². The van der Waals surface area contributed by atoms with E-state index in [-0.39, 0.29) is 35.1 Å². The Morgan fingerprint density at radius 2 is 1.95 bits per heavy atom. The molecule has 4 N–H and O–H groups in total. The maximum atomic E-state index is 10.2. The van der Waals surface area contributed by atoms with Crippen LogP contribution in [-0.2, 0) is 0 Å². The number of nitrogens with one attached hydrogen (secondary N) is 2. The monoisotopic (exact) mass is 274 g/mol. The standard InChI is InChI=1S/C7H6O2.C4H10N4O.Na/c8-7(9)6-4-2-1-3-5-6;5-4(9)7-8-3-1-2-6-8;/h1-5H,(H,8,9);6H,1-3H2,(H3,5,7,9);/q;;+1/p-1. The van der Waals surface area contributed by atoms with E-state index < -0.39 is 12.0 Å². The van der Waals surface area contributed by atoms with E-state index in [4.69, 9.17) is 5.73 Å². The number of urea groups is 1. The second-order valence-corrected chi connectivity index (χ2v) is 3.54. The number of carbonyl (C=O) groups excluding carboxylic acids is 2. The van der Waals surface area contributed by atoms with Gasteiger partial charge in [0.25, 0.3) is 0 Å². The van der Waals surface area contributed by atoms with Crippen LogP contribution in [0.5, 0.6) is 0 Å². The molecule has 0 unspecified atom stereocenters. The number of carboxylic acid groups (broad SMARTS) is 1. The van der Waals surface area contributed by atoms with Crippen molar-refractivity contribution in [2.24, 2.45) is 5.73 Å². The number of aromatic carboxylic acids is 1. The topological polar surface area (TPSA) is 111 Å². The molecule has 0 aromatic heterocycles. The van der Waals surface area contributed by atoms with Gasteiger partial charge in [0.05, 0.1) is 5.97 Å². The van der Waals surface area contributed by atoms with E-state index in [1.807, 2.05) is 0 Å². The van der Waals surface area contributed by atoms with Gasteiger partial charge in [0, 0.05) is 13.1 Å². The Kier molecular flexibility index (Phi) is 9.19. The van der Waals surface area contributed by atoms with Crippen molar-refractivity contribution < 1.29 is 44.3 Å². The normalized spacial score (nSPS) is 13.7. The fourth-order valence-corrected chi connectivity index (χ4v) is 1.33. The molecule has 19 heavy (non-hydrogen) atoms. The number of rotatable bonds is 2. The molecule has 98 valence electrons. The molecule has 0 atom stereocenters. The summed E-state index contributed by atoms with van der Waals surface area (Å²) < 4.78 is 0. The molecule has 0 saturated carbocycles. The first-order valence-electron chi connectivity index (χ1n) is 5.43. The van der Waals surface area contributed by atoms with E-state index in [1.165, 1.54) is 12.1 Å². The van der Waals surface area contributed by atoms with Gasteiger partial charge in [0.1, 0.15) is 0 Å². The van der Waals surface area contributed by atoms with Crippen LogP contribution in [0.15, 0.2) is 30.3 Å². The summed E-state index contributed by atoms with van der Waals surface area (Å²) in [7, 11) is 0. The fourth-order valence-electron chi connectivity index (χ4n) is 1.33. The number of nitrogens with zero attached hydrogens (tertiary/aromatic N) is 1. The Hall–Kier alpha value is -1.12. The van der Waals surface area contributed by atoms with Gasteiger partial charge in [0.2, 0.25) is 0 Å². The van der Waals surface area contributed by atoms with E-state index in [0.29, 0.717) is 0 Å². The molecule has 7 nitrogen and oxygen atoms in total. The van der Waals surface area contributed by atoms with Crippen LogP contribution in [0.3, 0.4) is 0 Å². The maximum Gasteiger partial charge on any atom is 1.00 e. The summed E-state index contributed by atoms with van der Waals surface area (Å²) in [6.45, 7) is 1.73. The molecule has 1 aromatic rings. The van der Waals surface area contributed by atoms with Gasteiger partial charge in [-0.3, -0.25) is 5.43 Å². The Labute approximate surface area is 133 Å². The van der Waals surface area contributed by atoms with Gasteiger partial charge in [-0.15, -0.1) is 0 Å². The maximum absolute atomic E-state index is 10.2. The van der Waals surface area contributed by atoms with E-state index in [9.17, 15) is 14.7 Å². The number of hydrazine groups is 2. The molecule has 0 aliphatic carbocycles. The molecule has 0 spiro atoms. The number of primary amides is 1. The van der Waals surface area contributed by atoms with Crippen LogP contribution in [0.2, 0.25) is 0 Å².